The van der Waals surface area contributed by atoms with Gasteiger partial charge in [-0.15, -0.1) is 0 Å². The zero-order valence-electron chi connectivity index (χ0n) is 21.6. The van der Waals surface area contributed by atoms with E-state index in [-0.39, 0.29) is 17.7 Å². The molecule has 0 saturated carbocycles. The quantitative estimate of drug-likeness (QED) is 0.0749. The zero-order chi connectivity index (χ0) is 25.3. The maximum absolute atomic E-state index is 11.9. The Kier molecular flexibility index (Phi) is 22.5. The Bertz CT molecular complexity index is 601. The number of hydrogen-bond donors (Lipinski definition) is 5. The second kappa shape index (κ2) is 24.0. The summed E-state index contributed by atoms with van der Waals surface area (Å²) >= 11 is 0. The highest BCUT2D eigenvalue weighted by Crippen LogP contribution is 2.10. The number of rotatable bonds is 21. The number of carbonyl (C=O) groups excluding carboxylic acids is 3. The highest BCUT2D eigenvalue weighted by atomic mass is 16.2. The smallest absolute Gasteiger partial charge is 0.220 e. The van der Waals surface area contributed by atoms with E-state index in [1.807, 2.05) is 0 Å². The minimum atomic E-state index is 0.00386. The number of amides is 3. The summed E-state index contributed by atoms with van der Waals surface area (Å²) < 4.78 is 0. The summed E-state index contributed by atoms with van der Waals surface area (Å²) in [4.78, 5) is 35.4. The second-order valence-electron chi connectivity index (χ2n) is 8.72. The fraction of sp³-hybridized carbons (Fsp3) is 0.808. The van der Waals surface area contributed by atoms with Crippen molar-refractivity contribution in [2.45, 2.75) is 104 Å². The average Bonchev–Trinajstić information content (AvgIpc) is 2.83. The van der Waals surface area contributed by atoms with Crippen molar-refractivity contribution in [1.82, 2.24) is 21.4 Å². The fourth-order valence-corrected chi connectivity index (χ4v) is 3.41. The SMILES string of the molecule is CCCCC(C#CCNC(=O)CCCCCNC(=O)CCCNC(=O)CCCCCNN)CC. The summed E-state index contributed by atoms with van der Waals surface area (Å²) in [6.07, 6.45) is 12.0. The monoisotopic (exact) mass is 479 g/mol. The Morgan fingerprint density at radius 2 is 1.26 bits per heavy atom. The summed E-state index contributed by atoms with van der Waals surface area (Å²) in [6.45, 7) is 6.67. The molecule has 8 nitrogen and oxygen atoms in total. The molecule has 0 aromatic rings. The molecule has 0 aromatic carbocycles. The van der Waals surface area contributed by atoms with Gasteiger partial charge in [0.1, 0.15) is 0 Å². The zero-order valence-corrected chi connectivity index (χ0v) is 21.6. The van der Waals surface area contributed by atoms with E-state index in [4.69, 9.17) is 5.84 Å². The van der Waals surface area contributed by atoms with Crippen LogP contribution in [0.15, 0.2) is 0 Å². The van der Waals surface area contributed by atoms with Gasteiger partial charge in [-0.2, -0.15) is 0 Å². The third-order valence-electron chi connectivity index (χ3n) is 5.61. The van der Waals surface area contributed by atoms with Crippen molar-refractivity contribution >= 4 is 17.7 Å². The molecule has 0 rings (SSSR count). The molecular formula is C26H49N5O3. The third-order valence-corrected chi connectivity index (χ3v) is 5.61. The number of nitrogens with one attached hydrogen (secondary N) is 4. The average molecular weight is 480 g/mol. The molecule has 0 heterocycles. The number of unbranched alkanes of at least 4 members (excludes halogenated alkanes) is 5. The van der Waals surface area contributed by atoms with E-state index in [0.717, 1.165) is 57.9 Å². The summed E-state index contributed by atoms with van der Waals surface area (Å²) in [5.41, 5.74) is 2.60. The first kappa shape index (κ1) is 31.9. The van der Waals surface area contributed by atoms with Crippen molar-refractivity contribution in [2.24, 2.45) is 11.8 Å². The molecule has 0 aliphatic heterocycles. The molecular weight excluding hydrogens is 430 g/mol. The predicted molar refractivity (Wildman–Crippen MR) is 138 cm³/mol. The molecule has 196 valence electrons. The van der Waals surface area contributed by atoms with Crippen molar-refractivity contribution in [1.29, 1.82) is 0 Å². The van der Waals surface area contributed by atoms with Gasteiger partial charge < -0.3 is 16.0 Å². The molecule has 0 bridgehead atoms. The summed E-state index contributed by atoms with van der Waals surface area (Å²) in [7, 11) is 0. The normalized spacial score (nSPS) is 11.3. The summed E-state index contributed by atoms with van der Waals surface area (Å²) in [6, 6.07) is 0. The van der Waals surface area contributed by atoms with Crippen molar-refractivity contribution in [3.8, 4) is 11.8 Å². The molecule has 1 atom stereocenters. The summed E-state index contributed by atoms with van der Waals surface area (Å²) in [5.74, 6) is 12.1. The molecule has 0 saturated heterocycles. The van der Waals surface area contributed by atoms with Gasteiger partial charge in [-0.25, -0.2) is 0 Å². The van der Waals surface area contributed by atoms with Crippen LogP contribution in [0, 0.1) is 17.8 Å². The maximum Gasteiger partial charge on any atom is 0.220 e. The van der Waals surface area contributed by atoms with Crippen molar-refractivity contribution < 1.29 is 14.4 Å². The fourth-order valence-electron chi connectivity index (χ4n) is 3.41. The Labute approximate surface area is 207 Å². The van der Waals surface area contributed by atoms with E-state index in [9.17, 15) is 14.4 Å². The lowest BCUT2D eigenvalue weighted by Gasteiger charge is -2.07. The number of hydrogen-bond acceptors (Lipinski definition) is 5. The standard InChI is InChI=1S/C26H49N5O3/c1-3-5-14-23(4-2)15-12-20-29-24(32)16-8-6-10-19-28-26(34)18-13-21-30-25(33)17-9-7-11-22-31-27/h23,31H,3-11,13-14,16-22,27H2,1-2H3,(H,28,34)(H,29,32)(H,30,33). The molecule has 0 fully saturated rings. The maximum atomic E-state index is 11.9. The van der Waals surface area contributed by atoms with Gasteiger partial charge in [-0.05, 0) is 44.9 Å². The highest BCUT2D eigenvalue weighted by molar-refractivity contribution is 5.77. The van der Waals surface area contributed by atoms with Crippen molar-refractivity contribution in [2.75, 3.05) is 26.2 Å². The molecule has 34 heavy (non-hydrogen) atoms. The minimum Gasteiger partial charge on any atom is -0.356 e. The largest absolute Gasteiger partial charge is 0.356 e. The van der Waals surface area contributed by atoms with Gasteiger partial charge in [0.05, 0.1) is 6.54 Å². The van der Waals surface area contributed by atoms with Crippen molar-refractivity contribution in [3.63, 3.8) is 0 Å². The van der Waals surface area contributed by atoms with Gasteiger partial charge in [0.15, 0.2) is 0 Å². The second-order valence-corrected chi connectivity index (χ2v) is 8.72. The number of carbonyl (C=O) groups is 3. The van der Waals surface area contributed by atoms with E-state index in [1.165, 1.54) is 12.8 Å². The lowest BCUT2D eigenvalue weighted by Crippen LogP contribution is -2.28. The van der Waals surface area contributed by atoms with Crippen molar-refractivity contribution in [3.05, 3.63) is 0 Å². The van der Waals surface area contributed by atoms with Crippen LogP contribution in [-0.4, -0.2) is 43.9 Å². The Morgan fingerprint density at radius 1 is 0.706 bits per heavy atom. The molecule has 3 amide bonds. The van der Waals surface area contributed by atoms with Gasteiger partial charge in [0, 0.05) is 44.8 Å². The first-order valence-corrected chi connectivity index (χ1v) is 13.2. The van der Waals surface area contributed by atoms with E-state index >= 15 is 0 Å². The lowest BCUT2D eigenvalue weighted by molar-refractivity contribution is -0.123. The number of hydrazine groups is 1. The van der Waals surface area contributed by atoms with Crippen LogP contribution in [0.25, 0.3) is 0 Å². The van der Waals surface area contributed by atoms with Gasteiger partial charge in [0.25, 0.3) is 0 Å². The molecule has 1 unspecified atom stereocenters. The highest BCUT2D eigenvalue weighted by Gasteiger charge is 2.04. The Hall–Kier alpha value is -2.11. The van der Waals surface area contributed by atoms with Crippen LogP contribution in [-0.2, 0) is 14.4 Å². The molecule has 0 aliphatic rings. The Morgan fingerprint density at radius 3 is 1.85 bits per heavy atom. The molecule has 0 aromatic heterocycles. The minimum absolute atomic E-state index is 0.00386. The number of nitrogens with two attached hydrogens (primary N) is 1. The molecule has 8 heteroatoms. The van der Waals surface area contributed by atoms with Gasteiger partial charge >= 0.3 is 0 Å². The summed E-state index contributed by atoms with van der Waals surface area (Å²) in [5, 5.41) is 8.61. The van der Waals surface area contributed by atoms with Crippen LogP contribution < -0.4 is 27.2 Å². The molecule has 0 spiro atoms. The van der Waals surface area contributed by atoms with Crippen LogP contribution in [0.2, 0.25) is 0 Å². The third kappa shape index (κ3) is 21.7. The topological polar surface area (TPSA) is 125 Å². The van der Waals surface area contributed by atoms with Gasteiger partial charge in [-0.1, -0.05) is 51.4 Å². The Balaban J connectivity index is 3.58. The molecule has 0 radical (unpaired) electrons. The molecule has 6 N–H and O–H groups in total. The van der Waals surface area contributed by atoms with Crippen LogP contribution in [0.1, 0.15) is 104 Å². The van der Waals surface area contributed by atoms with E-state index in [0.29, 0.717) is 51.2 Å². The van der Waals surface area contributed by atoms with E-state index in [2.05, 4.69) is 47.1 Å². The lowest BCUT2D eigenvalue weighted by atomic mass is 10.0. The van der Waals surface area contributed by atoms with E-state index in [1.54, 1.807) is 0 Å². The van der Waals surface area contributed by atoms with Gasteiger partial charge in [-0.3, -0.25) is 25.7 Å². The predicted octanol–water partition coefficient (Wildman–Crippen LogP) is 2.92. The van der Waals surface area contributed by atoms with Crippen LogP contribution in [0.4, 0.5) is 0 Å². The van der Waals surface area contributed by atoms with E-state index < -0.39 is 0 Å². The van der Waals surface area contributed by atoms with Crippen LogP contribution in [0.3, 0.4) is 0 Å². The first-order chi connectivity index (χ1) is 16.5. The van der Waals surface area contributed by atoms with Crippen LogP contribution >= 0.6 is 0 Å². The molecule has 0 aliphatic carbocycles. The van der Waals surface area contributed by atoms with Crippen LogP contribution in [0.5, 0.6) is 0 Å². The van der Waals surface area contributed by atoms with Gasteiger partial charge in [0.2, 0.25) is 17.7 Å². The first-order valence-electron chi connectivity index (χ1n) is 13.2.